The van der Waals surface area contributed by atoms with Gasteiger partial charge in [-0.25, -0.2) is 4.39 Å². The SMILES string of the molecule is CC(=O)Nc1ccc(CCNC(=O)c2cc(F)ccc2[N+](=O)[O-])cc1. The highest BCUT2D eigenvalue weighted by Gasteiger charge is 2.20. The molecule has 0 saturated heterocycles. The van der Waals surface area contributed by atoms with E-state index in [1.807, 2.05) is 0 Å². The number of nitrogens with zero attached hydrogens (tertiary/aromatic N) is 1. The summed E-state index contributed by atoms with van der Waals surface area (Å²) in [6.07, 6.45) is 0.481. The minimum atomic E-state index is -0.727. The highest BCUT2D eigenvalue weighted by molar-refractivity contribution is 5.98. The molecule has 0 aliphatic rings. The number of nitro benzene ring substituents is 1. The van der Waals surface area contributed by atoms with Gasteiger partial charge in [0.2, 0.25) is 5.91 Å². The first-order valence-electron chi connectivity index (χ1n) is 7.45. The summed E-state index contributed by atoms with van der Waals surface area (Å²) in [5.41, 5.74) is 0.809. The van der Waals surface area contributed by atoms with E-state index in [1.165, 1.54) is 6.92 Å². The van der Waals surface area contributed by atoms with E-state index in [2.05, 4.69) is 10.6 Å². The summed E-state index contributed by atoms with van der Waals surface area (Å²) >= 11 is 0. The average molecular weight is 345 g/mol. The van der Waals surface area contributed by atoms with Crippen LogP contribution in [-0.4, -0.2) is 23.3 Å². The predicted molar refractivity (Wildman–Crippen MR) is 89.8 cm³/mol. The minimum absolute atomic E-state index is 0.170. The van der Waals surface area contributed by atoms with Gasteiger partial charge >= 0.3 is 0 Å². The van der Waals surface area contributed by atoms with Crippen molar-refractivity contribution >= 4 is 23.2 Å². The van der Waals surface area contributed by atoms with Crippen molar-refractivity contribution in [3.05, 3.63) is 69.5 Å². The summed E-state index contributed by atoms with van der Waals surface area (Å²) in [6, 6.07) is 9.79. The number of benzene rings is 2. The Morgan fingerprint density at radius 2 is 1.84 bits per heavy atom. The van der Waals surface area contributed by atoms with Gasteiger partial charge in [-0.05, 0) is 36.2 Å². The Labute approximate surface area is 143 Å². The number of amides is 2. The summed E-state index contributed by atoms with van der Waals surface area (Å²) in [5, 5.41) is 16.1. The van der Waals surface area contributed by atoms with E-state index >= 15 is 0 Å². The lowest BCUT2D eigenvalue weighted by atomic mass is 10.1. The summed E-state index contributed by atoms with van der Waals surface area (Å²) in [7, 11) is 0. The molecule has 2 N–H and O–H groups in total. The molecular formula is C17H16FN3O4. The summed E-state index contributed by atoms with van der Waals surface area (Å²) in [4.78, 5) is 33.2. The normalized spacial score (nSPS) is 10.2. The van der Waals surface area contributed by atoms with E-state index < -0.39 is 22.3 Å². The van der Waals surface area contributed by atoms with Crippen LogP contribution in [0, 0.1) is 15.9 Å². The van der Waals surface area contributed by atoms with Crippen molar-refractivity contribution in [1.82, 2.24) is 5.32 Å². The van der Waals surface area contributed by atoms with Crippen LogP contribution in [0.5, 0.6) is 0 Å². The van der Waals surface area contributed by atoms with Gasteiger partial charge < -0.3 is 10.6 Å². The standard InChI is InChI=1S/C17H16FN3O4/c1-11(22)20-14-5-2-12(3-6-14)8-9-19-17(23)15-10-13(18)4-7-16(15)21(24)25/h2-7,10H,8-9H2,1H3,(H,19,23)(H,20,22). The quantitative estimate of drug-likeness (QED) is 0.621. The van der Waals surface area contributed by atoms with Crippen molar-refractivity contribution in [2.45, 2.75) is 13.3 Å². The van der Waals surface area contributed by atoms with Crippen molar-refractivity contribution in [1.29, 1.82) is 0 Å². The largest absolute Gasteiger partial charge is 0.351 e. The number of carbonyl (C=O) groups excluding carboxylic acids is 2. The predicted octanol–water partition coefficient (Wildman–Crippen LogP) is 2.66. The molecule has 130 valence electrons. The van der Waals surface area contributed by atoms with Crippen LogP contribution in [0.15, 0.2) is 42.5 Å². The lowest BCUT2D eigenvalue weighted by Gasteiger charge is -2.07. The number of hydrogen-bond donors (Lipinski definition) is 2. The smallest absolute Gasteiger partial charge is 0.282 e. The third kappa shape index (κ3) is 5.10. The monoisotopic (exact) mass is 345 g/mol. The summed E-state index contributed by atoms with van der Waals surface area (Å²) in [5.74, 6) is -1.60. The highest BCUT2D eigenvalue weighted by Crippen LogP contribution is 2.19. The van der Waals surface area contributed by atoms with Crippen molar-refractivity contribution in [2.24, 2.45) is 0 Å². The second-order valence-electron chi connectivity index (χ2n) is 5.30. The molecule has 7 nitrogen and oxygen atoms in total. The van der Waals surface area contributed by atoms with Gasteiger partial charge in [-0.2, -0.15) is 0 Å². The first kappa shape index (κ1) is 18.1. The van der Waals surface area contributed by atoms with Crippen molar-refractivity contribution in [3.63, 3.8) is 0 Å². The van der Waals surface area contributed by atoms with Gasteiger partial charge in [-0.3, -0.25) is 19.7 Å². The second kappa shape index (κ2) is 8.00. The molecule has 0 saturated carbocycles. The topological polar surface area (TPSA) is 101 Å². The molecule has 0 aliphatic heterocycles. The van der Waals surface area contributed by atoms with Crippen LogP contribution in [0.4, 0.5) is 15.8 Å². The molecule has 2 amide bonds. The van der Waals surface area contributed by atoms with Crippen LogP contribution in [0.3, 0.4) is 0 Å². The summed E-state index contributed by atoms with van der Waals surface area (Å²) < 4.78 is 13.3. The van der Waals surface area contributed by atoms with Crippen LogP contribution >= 0.6 is 0 Å². The third-order valence-corrected chi connectivity index (χ3v) is 3.37. The number of hydrogen-bond acceptors (Lipinski definition) is 4. The van der Waals surface area contributed by atoms with Gasteiger partial charge in [0.15, 0.2) is 0 Å². The molecule has 2 aromatic carbocycles. The van der Waals surface area contributed by atoms with Gasteiger partial charge in [-0.1, -0.05) is 12.1 Å². The zero-order valence-electron chi connectivity index (χ0n) is 13.4. The average Bonchev–Trinajstić information content (AvgIpc) is 2.55. The fourth-order valence-electron chi connectivity index (χ4n) is 2.22. The molecule has 2 rings (SSSR count). The number of carbonyl (C=O) groups is 2. The van der Waals surface area contributed by atoms with E-state index in [0.717, 1.165) is 23.8 Å². The van der Waals surface area contributed by atoms with Crippen LogP contribution in [0.25, 0.3) is 0 Å². The molecule has 0 spiro atoms. The fourth-order valence-corrected chi connectivity index (χ4v) is 2.22. The van der Waals surface area contributed by atoms with E-state index in [-0.39, 0.29) is 18.0 Å². The Balaban J connectivity index is 1.96. The van der Waals surface area contributed by atoms with E-state index in [9.17, 15) is 24.1 Å². The Hall–Kier alpha value is -3.29. The van der Waals surface area contributed by atoms with Crippen LogP contribution in [0.1, 0.15) is 22.8 Å². The maximum atomic E-state index is 13.3. The Morgan fingerprint density at radius 3 is 2.44 bits per heavy atom. The highest BCUT2D eigenvalue weighted by atomic mass is 19.1. The molecular weight excluding hydrogens is 329 g/mol. The van der Waals surface area contributed by atoms with Gasteiger partial charge in [0, 0.05) is 25.2 Å². The first-order chi connectivity index (χ1) is 11.9. The molecule has 0 fully saturated rings. The Morgan fingerprint density at radius 1 is 1.16 bits per heavy atom. The molecule has 0 aromatic heterocycles. The molecule has 0 unspecified atom stereocenters. The molecule has 0 heterocycles. The van der Waals surface area contributed by atoms with Gasteiger partial charge in [-0.15, -0.1) is 0 Å². The fraction of sp³-hybridized carbons (Fsp3) is 0.176. The maximum absolute atomic E-state index is 13.3. The molecule has 25 heavy (non-hydrogen) atoms. The van der Waals surface area contributed by atoms with Crippen LogP contribution in [-0.2, 0) is 11.2 Å². The maximum Gasteiger partial charge on any atom is 0.282 e. The number of anilines is 1. The number of halogens is 1. The van der Waals surface area contributed by atoms with E-state index in [0.29, 0.717) is 12.1 Å². The third-order valence-electron chi connectivity index (χ3n) is 3.37. The zero-order valence-corrected chi connectivity index (χ0v) is 13.4. The second-order valence-corrected chi connectivity index (χ2v) is 5.30. The van der Waals surface area contributed by atoms with Gasteiger partial charge in [0.05, 0.1) is 4.92 Å². The van der Waals surface area contributed by atoms with Crippen molar-refractivity contribution in [3.8, 4) is 0 Å². The lowest BCUT2D eigenvalue weighted by Crippen LogP contribution is -2.26. The first-order valence-corrected chi connectivity index (χ1v) is 7.45. The van der Waals surface area contributed by atoms with Crippen LogP contribution < -0.4 is 10.6 Å². The zero-order chi connectivity index (χ0) is 18.4. The lowest BCUT2D eigenvalue weighted by molar-refractivity contribution is -0.385. The Bertz CT molecular complexity index is 806. The van der Waals surface area contributed by atoms with Crippen LogP contribution in [0.2, 0.25) is 0 Å². The number of rotatable bonds is 6. The minimum Gasteiger partial charge on any atom is -0.351 e. The molecule has 0 radical (unpaired) electrons. The molecule has 8 heteroatoms. The van der Waals surface area contributed by atoms with E-state index in [1.54, 1.807) is 24.3 Å². The van der Waals surface area contributed by atoms with E-state index in [4.69, 9.17) is 0 Å². The summed E-state index contributed by atoms with van der Waals surface area (Å²) in [6.45, 7) is 1.64. The number of nitro groups is 1. The van der Waals surface area contributed by atoms with Gasteiger partial charge in [0.25, 0.3) is 11.6 Å². The molecule has 0 bridgehead atoms. The van der Waals surface area contributed by atoms with Crippen molar-refractivity contribution < 1.29 is 18.9 Å². The molecule has 2 aromatic rings. The van der Waals surface area contributed by atoms with Crippen molar-refractivity contribution in [2.75, 3.05) is 11.9 Å². The Kier molecular flexibility index (Phi) is 5.78. The molecule has 0 atom stereocenters. The van der Waals surface area contributed by atoms with Gasteiger partial charge in [0.1, 0.15) is 11.4 Å². The molecule has 0 aliphatic carbocycles. The number of nitrogens with one attached hydrogen (secondary N) is 2.